The van der Waals surface area contributed by atoms with E-state index in [2.05, 4.69) is 16.4 Å². The number of halogens is 1. The standard InChI is InChI=1S/C12H15ClN4/c1-16-6-10(5-14-16)4-11-8-17(15-12(11)13)7-9-2-3-9/h5-6,8-9H,2-4,7H2,1H3. The summed E-state index contributed by atoms with van der Waals surface area (Å²) in [6.45, 7) is 1.01. The van der Waals surface area contributed by atoms with Gasteiger partial charge in [0.1, 0.15) is 0 Å². The fourth-order valence-corrected chi connectivity index (χ4v) is 2.21. The van der Waals surface area contributed by atoms with E-state index in [0.717, 1.165) is 24.4 Å². The third-order valence-electron chi connectivity index (χ3n) is 3.08. The SMILES string of the molecule is Cn1cc(Cc2cn(CC3CC3)nc2Cl)cn1. The quantitative estimate of drug-likeness (QED) is 0.835. The van der Waals surface area contributed by atoms with Crippen LogP contribution in [0.15, 0.2) is 18.6 Å². The molecule has 0 atom stereocenters. The molecule has 0 aromatic carbocycles. The zero-order valence-corrected chi connectivity index (χ0v) is 10.6. The predicted molar refractivity (Wildman–Crippen MR) is 66.0 cm³/mol. The first-order valence-corrected chi connectivity index (χ1v) is 6.28. The lowest BCUT2D eigenvalue weighted by molar-refractivity contribution is 0.563. The minimum Gasteiger partial charge on any atom is -0.276 e. The Kier molecular flexibility index (Phi) is 2.67. The van der Waals surface area contributed by atoms with Crippen LogP contribution >= 0.6 is 11.6 Å². The maximum atomic E-state index is 6.15. The second-order valence-electron chi connectivity index (χ2n) is 4.81. The molecule has 4 nitrogen and oxygen atoms in total. The number of rotatable bonds is 4. The predicted octanol–water partition coefficient (Wildman–Crippen LogP) is 2.27. The van der Waals surface area contributed by atoms with Gasteiger partial charge in [-0.05, 0) is 24.3 Å². The van der Waals surface area contributed by atoms with Gasteiger partial charge in [0.25, 0.3) is 0 Å². The molecule has 0 amide bonds. The summed E-state index contributed by atoms with van der Waals surface area (Å²) in [7, 11) is 1.92. The normalized spacial score (nSPS) is 15.4. The highest BCUT2D eigenvalue weighted by molar-refractivity contribution is 6.30. The second kappa shape index (κ2) is 4.18. The molecule has 17 heavy (non-hydrogen) atoms. The van der Waals surface area contributed by atoms with Gasteiger partial charge in [-0.2, -0.15) is 10.2 Å². The van der Waals surface area contributed by atoms with Gasteiger partial charge in [-0.25, -0.2) is 0 Å². The van der Waals surface area contributed by atoms with Gasteiger partial charge in [-0.15, -0.1) is 0 Å². The summed E-state index contributed by atoms with van der Waals surface area (Å²) in [6, 6.07) is 0. The first-order valence-electron chi connectivity index (χ1n) is 5.90. The fourth-order valence-electron chi connectivity index (χ4n) is 2.00. The summed E-state index contributed by atoms with van der Waals surface area (Å²) in [5.74, 6) is 0.817. The summed E-state index contributed by atoms with van der Waals surface area (Å²) >= 11 is 6.15. The Morgan fingerprint density at radius 3 is 2.88 bits per heavy atom. The van der Waals surface area contributed by atoms with Crippen LogP contribution in [-0.4, -0.2) is 19.6 Å². The minimum atomic E-state index is 0.620. The van der Waals surface area contributed by atoms with Crippen LogP contribution in [0.4, 0.5) is 0 Å². The molecule has 5 heteroatoms. The maximum absolute atomic E-state index is 6.15. The summed E-state index contributed by atoms with van der Waals surface area (Å²) in [5, 5.41) is 9.12. The van der Waals surface area contributed by atoms with Crippen LogP contribution in [0.5, 0.6) is 0 Å². The smallest absolute Gasteiger partial charge is 0.154 e. The summed E-state index contributed by atoms with van der Waals surface area (Å²) in [4.78, 5) is 0. The van der Waals surface area contributed by atoms with E-state index in [4.69, 9.17) is 11.6 Å². The molecule has 0 spiro atoms. The number of hydrogen-bond acceptors (Lipinski definition) is 2. The number of nitrogens with zero attached hydrogens (tertiary/aromatic N) is 4. The van der Waals surface area contributed by atoms with Crippen LogP contribution in [0, 0.1) is 5.92 Å². The van der Waals surface area contributed by atoms with Crippen LogP contribution in [-0.2, 0) is 20.0 Å². The van der Waals surface area contributed by atoms with E-state index < -0.39 is 0 Å². The maximum Gasteiger partial charge on any atom is 0.154 e. The summed E-state index contributed by atoms with van der Waals surface area (Å²) in [6.07, 6.45) is 9.40. The van der Waals surface area contributed by atoms with Gasteiger partial charge in [-0.3, -0.25) is 9.36 Å². The van der Waals surface area contributed by atoms with Gasteiger partial charge in [0, 0.05) is 38.0 Å². The van der Waals surface area contributed by atoms with E-state index in [-0.39, 0.29) is 0 Å². The van der Waals surface area contributed by atoms with E-state index in [0.29, 0.717) is 5.15 Å². The molecule has 1 aliphatic rings. The highest BCUT2D eigenvalue weighted by atomic mass is 35.5. The van der Waals surface area contributed by atoms with E-state index in [1.54, 1.807) is 4.68 Å². The molecule has 0 radical (unpaired) electrons. The molecule has 1 fully saturated rings. The van der Waals surface area contributed by atoms with Gasteiger partial charge in [-0.1, -0.05) is 11.6 Å². The highest BCUT2D eigenvalue weighted by Crippen LogP contribution is 2.31. The van der Waals surface area contributed by atoms with E-state index in [1.807, 2.05) is 24.1 Å². The zero-order valence-electron chi connectivity index (χ0n) is 9.80. The third kappa shape index (κ3) is 2.52. The van der Waals surface area contributed by atoms with Crippen molar-refractivity contribution < 1.29 is 0 Å². The van der Waals surface area contributed by atoms with E-state index in [9.17, 15) is 0 Å². The third-order valence-corrected chi connectivity index (χ3v) is 3.40. The Balaban J connectivity index is 1.75. The molecule has 2 aromatic heterocycles. The Hall–Kier alpha value is -1.29. The molecule has 0 saturated heterocycles. The molecule has 2 heterocycles. The van der Waals surface area contributed by atoms with Gasteiger partial charge >= 0.3 is 0 Å². The van der Waals surface area contributed by atoms with Gasteiger partial charge in [0.2, 0.25) is 0 Å². The molecular formula is C12H15ClN4. The average molecular weight is 251 g/mol. The van der Waals surface area contributed by atoms with E-state index >= 15 is 0 Å². The highest BCUT2D eigenvalue weighted by Gasteiger charge is 2.22. The van der Waals surface area contributed by atoms with Crippen molar-refractivity contribution in [1.82, 2.24) is 19.6 Å². The molecule has 1 aliphatic carbocycles. The van der Waals surface area contributed by atoms with Crippen molar-refractivity contribution in [2.24, 2.45) is 13.0 Å². The van der Waals surface area contributed by atoms with Crippen molar-refractivity contribution in [3.63, 3.8) is 0 Å². The van der Waals surface area contributed by atoms with Crippen molar-refractivity contribution in [2.75, 3.05) is 0 Å². The van der Waals surface area contributed by atoms with Crippen LogP contribution in [0.1, 0.15) is 24.0 Å². The van der Waals surface area contributed by atoms with Gasteiger partial charge < -0.3 is 0 Å². The summed E-state index contributed by atoms with van der Waals surface area (Å²) in [5.41, 5.74) is 2.25. The lowest BCUT2D eigenvalue weighted by Crippen LogP contribution is -1.99. The first kappa shape index (κ1) is 10.8. The minimum absolute atomic E-state index is 0.620. The summed E-state index contributed by atoms with van der Waals surface area (Å²) < 4.78 is 3.78. The van der Waals surface area contributed by atoms with E-state index in [1.165, 1.54) is 18.4 Å². The zero-order chi connectivity index (χ0) is 11.8. The Bertz CT molecular complexity index is 524. The topological polar surface area (TPSA) is 35.6 Å². The molecule has 90 valence electrons. The Labute approximate surface area is 105 Å². The number of aromatic nitrogens is 4. The number of aryl methyl sites for hydroxylation is 1. The number of hydrogen-bond donors (Lipinski definition) is 0. The van der Waals surface area contributed by atoms with Crippen LogP contribution < -0.4 is 0 Å². The Morgan fingerprint density at radius 2 is 2.24 bits per heavy atom. The largest absolute Gasteiger partial charge is 0.276 e. The molecule has 3 rings (SSSR count). The average Bonchev–Trinajstić information content (AvgIpc) is 2.89. The van der Waals surface area contributed by atoms with Gasteiger partial charge in [0.15, 0.2) is 5.15 Å². The molecular weight excluding hydrogens is 236 g/mol. The Morgan fingerprint density at radius 1 is 1.41 bits per heavy atom. The van der Waals surface area contributed by atoms with Crippen molar-refractivity contribution >= 4 is 11.6 Å². The molecule has 1 saturated carbocycles. The lowest BCUT2D eigenvalue weighted by atomic mass is 10.2. The molecule has 2 aromatic rings. The molecule has 0 N–H and O–H groups in total. The van der Waals surface area contributed by atoms with Crippen molar-refractivity contribution in [3.8, 4) is 0 Å². The molecule has 0 bridgehead atoms. The first-order chi connectivity index (χ1) is 8.20. The van der Waals surface area contributed by atoms with Crippen LogP contribution in [0.2, 0.25) is 5.15 Å². The van der Waals surface area contributed by atoms with Gasteiger partial charge in [0.05, 0.1) is 6.20 Å². The second-order valence-corrected chi connectivity index (χ2v) is 5.17. The molecule has 0 aliphatic heterocycles. The lowest BCUT2D eigenvalue weighted by Gasteiger charge is -1.96. The van der Waals surface area contributed by atoms with Crippen LogP contribution in [0.3, 0.4) is 0 Å². The molecule has 0 unspecified atom stereocenters. The van der Waals surface area contributed by atoms with Crippen molar-refractivity contribution in [2.45, 2.75) is 25.8 Å². The van der Waals surface area contributed by atoms with Crippen LogP contribution in [0.25, 0.3) is 0 Å². The monoisotopic (exact) mass is 250 g/mol. The van der Waals surface area contributed by atoms with Crippen molar-refractivity contribution in [1.29, 1.82) is 0 Å². The fraction of sp³-hybridized carbons (Fsp3) is 0.500. The van der Waals surface area contributed by atoms with Crippen molar-refractivity contribution in [3.05, 3.63) is 34.9 Å².